The summed E-state index contributed by atoms with van der Waals surface area (Å²) in [5.41, 5.74) is 18.1. The molecule has 98 heavy (non-hydrogen) atoms. The number of aliphatic hydroxyl groups is 1. The van der Waals surface area contributed by atoms with Gasteiger partial charge in [-0.1, -0.05) is 134 Å². The van der Waals surface area contributed by atoms with Crippen LogP contribution in [-0.4, -0.2) is 186 Å². The number of carbonyl (C=O) groups excluding carboxylic acids is 13. The van der Waals surface area contributed by atoms with Gasteiger partial charge in [0.2, 0.25) is 76.8 Å². The average molecular weight is 1380 g/mol. The zero-order valence-corrected chi connectivity index (χ0v) is 60.6. The van der Waals surface area contributed by atoms with Crippen molar-refractivity contribution in [2.24, 2.45) is 58.6 Å². The third-order valence-corrected chi connectivity index (χ3v) is 16.8. The van der Waals surface area contributed by atoms with Crippen molar-refractivity contribution in [3.05, 3.63) is 35.9 Å². The van der Waals surface area contributed by atoms with Crippen molar-refractivity contribution in [1.29, 1.82) is 0 Å². The summed E-state index contributed by atoms with van der Waals surface area (Å²) in [6.07, 6.45) is 1.56. The first-order valence-corrected chi connectivity index (χ1v) is 34.9. The zero-order chi connectivity index (χ0) is 74.3. The van der Waals surface area contributed by atoms with Gasteiger partial charge in [0.05, 0.1) is 25.2 Å². The van der Waals surface area contributed by atoms with Crippen LogP contribution in [0.25, 0.3) is 0 Å². The summed E-state index contributed by atoms with van der Waals surface area (Å²) in [7, 11) is 0. The van der Waals surface area contributed by atoms with Crippen LogP contribution in [0.5, 0.6) is 0 Å². The monoisotopic (exact) mass is 1380 g/mol. The smallest absolute Gasteiger partial charge is 0.246 e. The maximum atomic E-state index is 14.5. The highest BCUT2D eigenvalue weighted by Crippen LogP contribution is 2.22. The van der Waals surface area contributed by atoms with Crippen LogP contribution in [0.3, 0.4) is 0 Å². The van der Waals surface area contributed by atoms with Gasteiger partial charge in [-0.3, -0.25) is 62.3 Å². The molecule has 554 valence electrons. The lowest BCUT2D eigenvalue weighted by molar-refractivity contribution is -0.143. The summed E-state index contributed by atoms with van der Waals surface area (Å²) in [6, 6.07) is -3.87. The molecule has 1 heterocycles. The van der Waals surface area contributed by atoms with Gasteiger partial charge in [-0.05, 0) is 125 Å². The number of nitrogens with two attached hydrogens (primary N) is 3. The van der Waals surface area contributed by atoms with Crippen LogP contribution in [0.2, 0.25) is 0 Å². The Bertz CT molecular complexity index is 2780. The predicted molar refractivity (Wildman–Crippen MR) is 372 cm³/mol. The van der Waals surface area contributed by atoms with Gasteiger partial charge in [0.1, 0.15) is 60.4 Å². The molecule has 1 aromatic carbocycles. The van der Waals surface area contributed by atoms with Gasteiger partial charge in [0.25, 0.3) is 0 Å². The molecule has 18 N–H and O–H groups in total. The Morgan fingerprint density at radius 2 is 0.898 bits per heavy atom. The fourth-order valence-electron chi connectivity index (χ4n) is 11.2. The molecule has 0 bridgehead atoms. The Morgan fingerprint density at radius 1 is 0.500 bits per heavy atom. The van der Waals surface area contributed by atoms with E-state index in [2.05, 4.69) is 58.5 Å². The lowest BCUT2D eigenvalue weighted by Gasteiger charge is -2.32. The standard InChI is InChI=1S/C69H119N15O14/c1-16-43(14)56(71)68(97)82-57(42(12)13)69(98)84-28-22-26-53(84)67(96)81-52(34-45-23-18-17-19-24-45)65(94)78-48(30-38(4)5)61(90)73-35-54(86)75-46(25-20-21-27-70)62(91)79-50(32-40(8)9)64(93)77-47(29-37(2)3)60(89)74-36-55(87)76-49(31-39(6)7)63(92)80-51(33-41(10)11)66(95)83-58(44(15)85)59(72)88/h17-19,23-24,37-44,46-53,56-58,85H,16,20-22,25-36,70-71H2,1-15H3,(H2,72,88)(H,73,90)(H,74,89)(H,75,86)(H,76,87)(H,77,93)(H,78,94)(H,79,91)(H,80,92)(H,81,96)(H,82,97)(H,83,95)/t43-,44+,46-,47-,48-,49-,50-,51-,52-,53-,56-,57-,58-/m0/s1. The lowest BCUT2D eigenvalue weighted by Crippen LogP contribution is -2.60. The van der Waals surface area contributed by atoms with Gasteiger partial charge >= 0.3 is 0 Å². The Morgan fingerprint density at radius 3 is 1.31 bits per heavy atom. The number of benzene rings is 1. The van der Waals surface area contributed by atoms with Crippen molar-refractivity contribution < 1.29 is 67.4 Å². The molecule has 0 spiro atoms. The van der Waals surface area contributed by atoms with Crippen LogP contribution in [0.4, 0.5) is 0 Å². The van der Waals surface area contributed by atoms with E-state index in [1.165, 1.54) is 11.8 Å². The molecule has 13 atom stereocenters. The minimum atomic E-state index is -1.43. The van der Waals surface area contributed by atoms with Gasteiger partial charge in [0.15, 0.2) is 0 Å². The molecule has 1 aliphatic heterocycles. The first-order valence-electron chi connectivity index (χ1n) is 34.9. The van der Waals surface area contributed by atoms with E-state index in [-0.39, 0.29) is 106 Å². The van der Waals surface area contributed by atoms with E-state index in [4.69, 9.17) is 17.2 Å². The van der Waals surface area contributed by atoms with Crippen LogP contribution >= 0.6 is 0 Å². The SMILES string of the molecule is CC[C@H](C)[C@H](N)C(=O)N[C@H](C(=O)N1CCC[C@H]1C(=O)N[C@@H](Cc1ccccc1)C(=O)N[C@@H](CC(C)C)C(=O)NCC(=O)N[C@@H](CCCCN)C(=O)N[C@@H](CC(C)C)C(=O)N[C@@H](CC(C)C)C(=O)NCC(=O)N[C@@H](CC(C)C)C(=O)N[C@@H](CC(C)C)C(=O)N[C@H](C(N)=O)[C@@H](C)O)C(C)C. The summed E-state index contributed by atoms with van der Waals surface area (Å²) >= 11 is 0. The van der Waals surface area contributed by atoms with Crippen LogP contribution in [0.1, 0.15) is 180 Å². The normalized spacial score (nSPS) is 16.8. The van der Waals surface area contributed by atoms with Gasteiger partial charge in [0, 0.05) is 13.0 Å². The molecular formula is C69H119N15O14. The van der Waals surface area contributed by atoms with Gasteiger partial charge in [-0.15, -0.1) is 0 Å². The highest BCUT2D eigenvalue weighted by atomic mass is 16.3. The minimum Gasteiger partial charge on any atom is -0.391 e. The second kappa shape index (κ2) is 43.6. The van der Waals surface area contributed by atoms with Crippen LogP contribution in [0.15, 0.2) is 30.3 Å². The van der Waals surface area contributed by atoms with E-state index >= 15 is 0 Å². The third-order valence-electron chi connectivity index (χ3n) is 16.8. The van der Waals surface area contributed by atoms with Crippen molar-refractivity contribution in [1.82, 2.24) is 63.4 Å². The first kappa shape index (κ1) is 86.3. The highest BCUT2D eigenvalue weighted by Gasteiger charge is 2.42. The molecule has 1 aliphatic rings. The van der Waals surface area contributed by atoms with Crippen LogP contribution < -0.4 is 75.7 Å². The van der Waals surface area contributed by atoms with Crippen molar-refractivity contribution >= 4 is 76.8 Å². The summed E-state index contributed by atoms with van der Waals surface area (Å²) in [5, 5.41) is 39.4. The molecule has 1 saturated heterocycles. The van der Waals surface area contributed by atoms with E-state index in [0.717, 1.165) is 0 Å². The van der Waals surface area contributed by atoms with E-state index in [9.17, 15) is 67.4 Å². The lowest BCUT2D eigenvalue weighted by atomic mass is 9.97. The van der Waals surface area contributed by atoms with Crippen molar-refractivity contribution in [2.75, 3.05) is 26.2 Å². The summed E-state index contributed by atoms with van der Waals surface area (Å²) in [5.74, 6) is -10.5. The Hall–Kier alpha value is -7.79. The molecule has 13 amide bonds. The maximum Gasteiger partial charge on any atom is 0.246 e. The van der Waals surface area contributed by atoms with Crippen LogP contribution in [0, 0.1) is 41.4 Å². The molecule has 0 aromatic heterocycles. The number of amides is 13. The first-order chi connectivity index (χ1) is 45.9. The number of unbranched alkanes of at least 4 members (excludes halogenated alkanes) is 1. The fourth-order valence-corrected chi connectivity index (χ4v) is 11.2. The Labute approximate surface area is 579 Å². The number of likely N-dealkylation sites (tertiary alicyclic amines) is 1. The Balaban J connectivity index is 2.31. The topological polar surface area (TPSA) is 456 Å². The van der Waals surface area contributed by atoms with E-state index in [1.807, 2.05) is 83.1 Å². The number of primary amides is 1. The zero-order valence-electron chi connectivity index (χ0n) is 60.6. The molecule has 0 unspecified atom stereocenters. The molecule has 29 nitrogen and oxygen atoms in total. The fraction of sp³-hybridized carbons (Fsp3) is 0.725. The molecule has 1 fully saturated rings. The van der Waals surface area contributed by atoms with Crippen molar-refractivity contribution in [3.8, 4) is 0 Å². The van der Waals surface area contributed by atoms with Crippen LogP contribution in [-0.2, 0) is 68.7 Å². The molecular weight excluding hydrogens is 1260 g/mol. The number of nitrogens with zero attached hydrogens (tertiary/aromatic N) is 1. The average Bonchev–Trinajstić information content (AvgIpc) is 1.60. The minimum absolute atomic E-state index is 0.00444. The van der Waals surface area contributed by atoms with Gasteiger partial charge in [-0.25, -0.2) is 0 Å². The second-order valence-electron chi connectivity index (χ2n) is 28.6. The van der Waals surface area contributed by atoms with Gasteiger partial charge < -0.3 is 85.7 Å². The number of hydrogen-bond acceptors (Lipinski definition) is 16. The molecule has 29 heteroatoms. The van der Waals surface area contributed by atoms with E-state index in [1.54, 1.807) is 44.2 Å². The predicted octanol–water partition coefficient (Wildman–Crippen LogP) is 0.0707. The second-order valence-corrected chi connectivity index (χ2v) is 28.6. The van der Waals surface area contributed by atoms with Gasteiger partial charge in [-0.2, -0.15) is 0 Å². The highest BCUT2D eigenvalue weighted by molar-refractivity contribution is 5.99. The molecule has 2 rings (SSSR count). The number of hydrogen-bond donors (Lipinski definition) is 15. The molecule has 0 saturated carbocycles. The van der Waals surface area contributed by atoms with Crippen molar-refractivity contribution in [2.45, 2.75) is 253 Å². The molecule has 1 aromatic rings. The number of carbonyl (C=O) groups is 13. The number of aliphatic hydroxyl groups excluding tert-OH is 1. The summed E-state index contributed by atoms with van der Waals surface area (Å²) < 4.78 is 0. The maximum absolute atomic E-state index is 14.5. The summed E-state index contributed by atoms with van der Waals surface area (Å²) in [4.78, 5) is 180. The quantitative estimate of drug-likeness (QED) is 0.0385. The third kappa shape index (κ3) is 31.0. The Kier molecular flexibility index (Phi) is 38.4. The van der Waals surface area contributed by atoms with E-state index < -0.39 is 162 Å². The van der Waals surface area contributed by atoms with Crippen molar-refractivity contribution in [3.63, 3.8) is 0 Å². The molecule has 0 radical (unpaired) electrons. The number of rotatable bonds is 44. The molecule has 0 aliphatic carbocycles. The summed E-state index contributed by atoms with van der Waals surface area (Å²) in [6.45, 7) is 26.0. The van der Waals surface area contributed by atoms with E-state index in [0.29, 0.717) is 31.2 Å². The number of nitrogens with one attached hydrogen (secondary N) is 11. The largest absolute Gasteiger partial charge is 0.391 e.